The van der Waals surface area contributed by atoms with Gasteiger partial charge in [-0.05, 0) is 0 Å². The molecule has 0 radical (unpaired) electrons. The fourth-order valence-electron chi connectivity index (χ4n) is 3.60. The molecule has 0 amide bonds. The van der Waals surface area contributed by atoms with Crippen molar-refractivity contribution in [1.29, 1.82) is 0 Å². The van der Waals surface area contributed by atoms with Gasteiger partial charge < -0.3 is 5.11 Å². The van der Waals surface area contributed by atoms with E-state index in [-0.39, 0.29) is 4.56 Å². The molecular weight excluding hydrogens is 506 g/mol. The molecule has 2 nitrogen and oxygen atoms in total. The summed E-state index contributed by atoms with van der Waals surface area (Å²) in [6.07, 6.45) is 2.15. The number of hydrogen-bond acceptors (Lipinski definition) is 1. The molecule has 4 aromatic rings. The Labute approximate surface area is 213 Å². The second kappa shape index (κ2) is 14.2. The number of aliphatic carboxylic acids is 1. The predicted octanol–water partition coefficient (Wildman–Crippen LogP) is 5.61. The minimum atomic E-state index is -0.833. The summed E-state index contributed by atoms with van der Waals surface area (Å²) in [7, 11) is -0.970. The van der Waals surface area contributed by atoms with Gasteiger partial charge in [-0.1, -0.05) is 0 Å². The second-order valence-corrected chi connectivity index (χ2v) is 13.3. The number of carbonyl (C=O) groups is 1. The first kappa shape index (κ1) is 26.3. The van der Waals surface area contributed by atoms with Crippen molar-refractivity contribution >= 4 is 43.0 Å². The summed E-state index contributed by atoms with van der Waals surface area (Å²) >= 11 is 6.37. The van der Waals surface area contributed by atoms with Gasteiger partial charge in [-0.25, -0.2) is 0 Å². The van der Waals surface area contributed by atoms with Gasteiger partial charge in [0, 0.05) is 6.92 Å². The van der Waals surface area contributed by atoms with Crippen molar-refractivity contribution in [2.75, 3.05) is 6.16 Å². The Morgan fingerprint density at radius 2 is 0.971 bits per heavy atom. The SMILES string of the molecule is CC(=O)O.[Cu][CH](CCP(c1ccccc1)c1ccccc1)P(c1ccccc1)c1ccccc1. The molecule has 0 saturated heterocycles. The first-order chi connectivity index (χ1) is 16.6. The maximum absolute atomic E-state index is 9.00. The minimum absolute atomic E-state index is 0.190. The number of rotatable bonds is 8. The zero-order valence-electron chi connectivity index (χ0n) is 19.1. The normalized spacial score (nSPS) is 11.6. The third-order valence-electron chi connectivity index (χ3n) is 5.03. The van der Waals surface area contributed by atoms with Crippen LogP contribution in [0.3, 0.4) is 0 Å². The van der Waals surface area contributed by atoms with Crippen LogP contribution in [0, 0.1) is 0 Å². The summed E-state index contributed by atoms with van der Waals surface area (Å²) in [4.78, 5) is 9.00. The van der Waals surface area contributed by atoms with Gasteiger partial charge in [-0.3, -0.25) is 4.79 Å². The molecule has 0 heterocycles. The average Bonchev–Trinajstić information content (AvgIpc) is 2.87. The van der Waals surface area contributed by atoms with Crippen molar-refractivity contribution in [2.24, 2.45) is 0 Å². The van der Waals surface area contributed by atoms with E-state index in [0.29, 0.717) is 0 Å². The average molecular weight is 535 g/mol. The second-order valence-electron chi connectivity index (χ2n) is 7.56. The summed E-state index contributed by atoms with van der Waals surface area (Å²) in [6.45, 7) is 1.08. The topological polar surface area (TPSA) is 37.3 Å². The Morgan fingerprint density at radius 3 is 1.29 bits per heavy atom. The number of carboxylic acid groups (broad SMARTS) is 1. The van der Waals surface area contributed by atoms with E-state index in [1.807, 2.05) is 0 Å². The monoisotopic (exact) mass is 534 g/mol. The van der Waals surface area contributed by atoms with Crippen molar-refractivity contribution in [3.63, 3.8) is 0 Å². The van der Waals surface area contributed by atoms with Crippen LogP contribution in [0.4, 0.5) is 0 Å². The Balaban J connectivity index is 0.000000751. The molecule has 5 heteroatoms. The van der Waals surface area contributed by atoms with Crippen LogP contribution in [-0.4, -0.2) is 21.8 Å². The fraction of sp³-hybridized carbons (Fsp3) is 0.138. The summed E-state index contributed by atoms with van der Waals surface area (Å²) in [5, 5.41) is 13.0. The van der Waals surface area contributed by atoms with Gasteiger partial charge in [-0.15, -0.1) is 0 Å². The van der Waals surface area contributed by atoms with Gasteiger partial charge in [-0.2, -0.15) is 0 Å². The maximum atomic E-state index is 9.00. The van der Waals surface area contributed by atoms with Crippen molar-refractivity contribution in [1.82, 2.24) is 0 Å². The zero-order chi connectivity index (χ0) is 24.2. The molecule has 34 heavy (non-hydrogen) atoms. The summed E-state index contributed by atoms with van der Waals surface area (Å²) in [5.41, 5.74) is 0. The van der Waals surface area contributed by atoms with E-state index in [1.165, 1.54) is 21.2 Å². The van der Waals surface area contributed by atoms with E-state index < -0.39 is 21.8 Å². The Kier molecular flexibility index (Phi) is 11.0. The summed E-state index contributed by atoms with van der Waals surface area (Å²) < 4.78 is 0.190. The van der Waals surface area contributed by atoms with Gasteiger partial charge in [0.1, 0.15) is 0 Å². The van der Waals surface area contributed by atoms with E-state index in [0.717, 1.165) is 19.5 Å². The van der Waals surface area contributed by atoms with E-state index >= 15 is 0 Å². The van der Waals surface area contributed by atoms with Crippen molar-refractivity contribution < 1.29 is 25.9 Å². The number of hydrogen-bond donors (Lipinski definition) is 1. The number of benzene rings is 4. The molecule has 0 aromatic heterocycles. The summed E-state index contributed by atoms with van der Waals surface area (Å²) in [6, 6.07) is 43.6. The van der Waals surface area contributed by atoms with E-state index in [1.54, 1.807) is 0 Å². The molecule has 0 aliphatic rings. The summed E-state index contributed by atoms with van der Waals surface area (Å²) in [5.74, 6) is -0.833. The van der Waals surface area contributed by atoms with Crippen LogP contribution in [0.25, 0.3) is 0 Å². The van der Waals surface area contributed by atoms with E-state index in [2.05, 4.69) is 121 Å². The van der Waals surface area contributed by atoms with Gasteiger partial charge in [0.15, 0.2) is 0 Å². The Bertz CT molecular complexity index is 1030. The molecule has 1 atom stereocenters. The van der Waals surface area contributed by atoms with Gasteiger partial charge in [0.2, 0.25) is 0 Å². The number of carboxylic acids is 1. The van der Waals surface area contributed by atoms with Crippen LogP contribution in [-0.2, 0) is 20.8 Å². The predicted molar refractivity (Wildman–Crippen MR) is 145 cm³/mol. The fourth-order valence-corrected chi connectivity index (χ4v) is 9.63. The molecule has 0 aliphatic heterocycles. The third kappa shape index (κ3) is 8.19. The molecule has 0 bridgehead atoms. The van der Waals surface area contributed by atoms with Crippen LogP contribution >= 0.6 is 15.8 Å². The van der Waals surface area contributed by atoms with Crippen molar-refractivity contribution in [3.05, 3.63) is 121 Å². The van der Waals surface area contributed by atoms with E-state index in [9.17, 15) is 0 Å². The molecule has 0 spiro atoms. The van der Waals surface area contributed by atoms with Crippen LogP contribution in [0.5, 0.6) is 0 Å². The van der Waals surface area contributed by atoms with Crippen molar-refractivity contribution in [3.8, 4) is 0 Å². The molecule has 0 saturated carbocycles. The van der Waals surface area contributed by atoms with Gasteiger partial charge in [0.25, 0.3) is 5.97 Å². The molecule has 178 valence electrons. The van der Waals surface area contributed by atoms with Gasteiger partial charge >= 0.3 is 192 Å². The van der Waals surface area contributed by atoms with Gasteiger partial charge in [0.05, 0.1) is 0 Å². The quantitative estimate of drug-likeness (QED) is 0.236. The van der Waals surface area contributed by atoms with Crippen molar-refractivity contribution in [2.45, 2.75) is 17.9 Å². The Hall–Kier alpha value is -2.27. The first-order valence-corrected chi connectivity index (χ1v) is 14.6. The first-order valence-electron chi connectivity index (χ1n) is 11.1. The molecule has 1 unspecified atom stereocenters. The van der Waals surface area contributed by atoms with E-state index in [4.69, 9.17) is 25.9 Å². The van der Waals surface area contributed by atoms with Crippen LogP contribution in [0.1, 0.15) is 13.3 Å². The molecular formula is C29H29CuO2P2. The zero-order valence-corrected chi connectivity index (χ0v) is 21.8. The van der Waals surface area contributed by atoms with Crippen LogP contribution < -0.4 is 21.2 Å². The van der Waals surface area contributed by atoms with Crippen LogP contribution in [0.2, 0.25) is 0 Å². The molecule has 4 aromatic carbocycles. The van der Waals surface area contributed by atoms with Crippen LogP contribution in [0.15, 0.2) is 121 Å². The Morgan fingerprint density at radius 1 is 0.676 bits per heavy atom. The molecule has 0 fully saturated rings. The standard InChI is InChI=1S/C27H25P2.C2H4O2.Cu/c1-5-14-24(15-6-1)28(25-16-7-2-8-17-25)22-13-23-29(26-18-9-3-10-19-26)27-20-11-4-12-21-27;1-2(3)4;/h1-12,14-22H,13,23H2;1H3,(H,3,4);. The molecule has 4 rings (SSSR count). The molecule has 0 aliphatic carbocycles. The third-order valence-corrected chi connectivity index (χ3v) is 11.1. The molecule has 1 N–H and O–H groups in total.